The Morgan fingerprint density at radius 2 is 2.38 bits per heavy atom. The van der Waals surface area contributed by atoms with Crippen LogP contribution in [-0.2, 0) is 11.2 Å². The second-order valence-electron chi connectivity index (χ2n) is 3.49. The molecule has 1 heterocycles. The number of nitro benzene ring substituents is 1. The number of benzene rings is 1. The number of rotatable bonds is 2. The summed E-state index contributed by atoms with van der Waals surface area (Å²) in [6.07, 6.45) is 0.563. The SMILES string of the molecule is COC1CCc2cc(F)cc([N+](=O)[O-])c2O1. The first kappa shape index (κ1) is 10.8. The fraction of sp³-hybridized carbons (Fsp3) is 0.400. The van der Waals surface area contributed by atoms with E-state index in [1.807, 2.05) is 0 Å². The largest absolute Gasteiger partial charge is 0.457 e. The fourth-order valence-electron chi connectivity index (χ4n) is 1.72. The lowest BCUT2D eigenvalue weighted by atomic mass is 10.0. The van der Waals surface area contributed by atoms with Crippen LogP contribution in [0, 0.1) is 15.9 Å². The molecule has 16 heavy (non-hydrogen) atoms. The molecule has 0 spiro atoms. The van der Waals surface area contributed by atoms with Gasteiger partial charge in [0, 0.05) is 19.1 Å². The summed E-state index contributed by atoms with van der Waals surface area (Å²) >= 11 is 0. The van der Waals surface area contributed by atoms with Crippen molar-refractivity contribution in [2.75, 3.05) is 7.11 Å². The summed E-state index contributed by atoms with van der Waals surface area (Å²) in [6, 6.07) is 2.12. The summed E-state index contributed by atoms with van der Waals surface area (Å²) in [5.41, 5.74) is 0.164. The molecule has 0 radical (unpaired) electrons. The van der Waals surface area contributed by atoms with Crippen LogP contribution < -0.4 is 4.74 Å². The normalized spacial score (nSPS) is 18.8. The molecule has 0 saturated carbocycles. The maximum atomic E-state index is 13.1. The molecule has 0 N–H and O–H groups in total. The molecule has 0 amide bonds. The van der Waals surface area contributed by atoms with Gasteiger partial charge in [-0.1, -0.05) is 0 Å². The molecule has 1 aliphatic heterocycles. The number of methoxy groups -OCH3 is 1. The van der Waals surface area contributed by atoms with Gasteiger partial charge in [0.2, 0.25) is 5.75 Å². The zero-order valence-corrected chi connectivity index (χ0v) is 8.60. The van der Waals surface area contributed by atoms with Gasteiger partial charge in [-0.25, -0.2) is 4.39 Å². The molecule has 2 rings (SSSR count). The number of halogens is 1. The molecule has 0 saturated heterocycles. The van der Waals surface area contributed by atoms with Gasteiger partial charge in [0.1, 0.15) is 5.82 Å². The molecule has 5 nitrogen and oxygen atoms in total. The Morgan fingerprint density at radius 1 is 1.62 bits per heavy atom. The van der Waals surface area contributed by atoms with E-state index in [0.29, 0.717) is 18.4 Å². The Hall–Kier alpha value is -1.69. The highest BCUT2D eigenvalue weighted by Gasteiger charge is 2.28. The second-order valence-corrected chi connectivity index (χ2v) is 3.49. The van der Waals surface area contributed by atoms with Crippen LogP contribution in [0.15, 0.2) is 12.1 Å². The van der Waals surface area contributed by atoms with Crippen LogP contribution in [0.25, 0.3) is 0 Å². The number of nitrogens with zero attached hydrogens (tertiary/aromatic N) is 1. The van der Waals surface area contributed by atoms with Crippen molar-refractivity contribution in [3.8, 4) is 5.75 Å². The number of fused-ring (bicyclic) bond motifs is 1. The fourth-order valence-corrected chi connectivity index (χ4v) is 1.72. The van der Waals surface area contributed by atoms with Gasteiger partial charge in [-0.3, -0.25) is 10.1 Å². The van der Waals surface area contributed by atoms with Crippen molar-refractivity contribution < 1.29 is 18.8 Å². The number of ether oxygens (including phenoxy) is 2. The first-order valence-corrected chi connectivity index (χ1v) is 4.78. The maximum absolute atomic E-state index is 13.1. The number of hydrogen-bond donors (Lipinski definition) is 0. The molecule has 1 aromatic carbocycles. The average Bonchev–Trinajstić information content (AvgIpc) is 2.27. The third-order valence-corrected chi connectivity index (χ3v) is 2.47. The third-order valence-electron chi connectivity index (χ3n) is 2.47. The summed E-state index contributed by atoms with van der Waals surface area (Å²) < 4.78 is 23.4. The average molecular weight is 227 g/mol. The van der Waals surface area contributed by atoms with Gasteiger partial charge >= 0.3 is 5.69 Å². The lowest BCUT2D eigenvalue weighted by molar-refractivity contribution is -0.386. The van der Waals surface area contributed by atoms with Crippen molar-refractivity contribution in [1.29, 1.82) is 0 Å². The summed E-state index contributed by atoms with van der Waals surface area (Å²) in [4.78, 5) is 10.1. The van der Waals surface area contributed by atoms with E-state index in [1.54, 1.807) is 0 Å². The predicted molar refractivity (Wildman–Crippen MR) is 52.8 cm³/mol. The minimum Gasteiger partial charge on any atom is -0.457 e. The Kier molecular flexibility index (Phi) is 2.74. The standard InChI is InChI=1S/C10H10FNO4/c1-15-9-3-2-6-4-7(11)5-8(12(13)14)10(6)16-9/h4-5,9H,2-3H2,1H3. The minimum atomic E-state index is -0.653. The molecule has 0 fully saturated rings. The monoisotopic (exact) mass is 227 g/mol. The molecular formula is C10H10FNO4. The quantitative estimate of drug-likeness (QED) is 0.572. The van der Waals surface area contributed by atoms with Crippen molar-refractivity contribution in [3.05, 3.63) is 33.6 Å². The van der Waals surface area contributed by atoms with Crippen LogP contribution in [0.3, 0.4) is 0 Å². The Bertz CT molecular complexity index is 435. The first-order chi connectivity index (χ1) is 7.61. The Morgan fingerprint density at radius 3 is 3.00 bits per heavy atom. The highest BCUT2D eigenvalue weighted by atomic mass is 19.1. The molecular weight excluding hydrogens is 217 g/mol. The van der Waals surface area contributed by atoms with E-state index >= 15 is 0 Å². The van der Waals surface area contributed by atoms with Crippen LogP contribution in [0.1, 0.15) is 12.0 Å². The van der Waals surface area contributed by atoms with Crippen molar-refractivity contribution >= 4 is 5.69 Å². The van der Waals surface area contributed by atoms with Crippen LogP contribution in [0.2, 0.25) is 0 Å². The first-order valence-electron chi connectivity index (χ1n) is 4.78. The van der Waals surface area contributed by atoms with Gasteiger partial charge in [-0.05, 0) is 12.5 Å². The van der Waals surface area contributed by atoms with Gasteiger partial charge < -0.3 is 9.47 Å². The van der Waals surface area contributed by atoms with Gasteiger partial charge in [0.25, 0.3) is 0 Å². The van der Waals surface area contributed by atoms with Crippen molar-refractivity contribution in [3.63, 3.8) is 0 Å². The molecule has 86 valence electrons. The van der Waals surface area contributed by atoms with Gasteiger partial charge in [0.05, 0.1) is 11.0 Å². The molecule has 0 bridgehead atoms. The molecule has 6 heteroatoms. The molecule has 0 aliphatic carbocycles. The number of nitro groups is 1. The van der Waals surface area contributed by atoms with E-state index in [1.165, 1.54) is 13.2 Å². The van der Waals surface area contributed by atoms with Crippen LogP contribution in [0.5, 0.6) is 5.75 Å². The second kappa shape index (κ2) is 4.05. The maximum Gasteiger partial charge on any atom is 0.314 e. The van der Waals surface area contributed by atoms with Crippen molar-refractivity contribution in [1.82, 2.24) is 0 Å². The summed E-state index contributed by atoms with van der Waals surface area (Å²) in [6.45, 7) is 0. The van der Waals surface area contributed by atoms with E-state index in [-0.39, 0.29) is 11.4 Å². The molecule has 1 atom stereocenters. The van der Waals surface area contributed by atoms with Crippen LogP contribution in [-0.4, -0.2) is 18.3 Å². The van der Waals surface area contributed by atoms with Gasteiger partial charge in [-0.2, -0.15) is 0 Å². The smallest absolute Gasteiger partial charge is 0.314 e. The van der Waals surface area contributed by atoms with Gasteiger partial charge in [0.15, 0.2) is 6.29 Å². The van der Waals surface area contributed by atoms with Crippen molar-refractivity contribution in [2.45, 2.75) is 19.1 Å². The zero-order valence-electron chi connectivity index (χ0n) is 8.60. The topological polar surface area (TPSA) is 61.6 Å². The minimum absolute atomic E-state index is 0.115. The van der Waals surface area contributed by atoms with E-state index < -0.39 is 17.0 Å². The summed E-state index contributed by atoms with van der Waals surface area (Å²) in [5, 5.41) is 10.7. The van der Waals surface area contributed by atoms with Crippen molar-refractivity contribution in [2.24, 2.45) is 0 Å². The van der Waals surface area contributed by atoms with E-state index in [0.717, 1.165) is 6.07 Å². The van der Waals surface area contributed by atoms with Gasteiger partial charge in [-0.15, -0.1) is 0 Å². The number of aryl methyl sites for hydroxylation is 1. The van der Waals surface area contributed by atoms with Crippen LogP contribution in [0.4, 0.5) is 10.1 Å². The Balaban J connectivity index is 2.47. The molecule has 1 aromatic rings. The van der Waals surface area contributed by atoms with E-state index in [4.69, 9.17) is 9.47 Å². The molecule has 0 aromatic heterocycles. The highest BCUT2D eigenvalue weighted by molar-refractivity contribution is 5.53. The highest BCUT2D eigenvalue weighted by Crippen LogP contribution is 2.37. The van der Waals surface area contributed by atoms with Crippen LogP contribution >= 0.6 is 0 Å². The zero-order chi connectivity index (χ0) is 11.7. The lowest BCUT2D eigenvalue weighted by Gasteiger charge is -2.24. The van der Waals surface area contributed by atoms with E-state index in [2.05, 4.69) is 0 Å². The van der Waals surface area contributed by atoms with E-state index in [9.17, 15) is 14.5 Å². The number of hydrogen-bond acceptors (Lipinski definition) is 4. The lowest BCUT2D eigenvalue weighted by Crippen LogP contribution is -2.25. The predicted octanol–water partition coefficient (Wildman–Crippen LogP) is 2.03. The summed E-state index contributed by atoms with van der Waals surface area (Å²) in [5.74, 6) is -0.505. The molecule has 1 unspecified atom stereocenters. The molecule has 1 aliphatic rings. The third kappa shape index (κ3) is 1.83. The Labute approximate surface area is 90.9 Å². The summed E-state index contributed by atoms with van der Waals surface area (Å²) in [7, 11) is 1.46.